The molecule has 2 heterocycles. The summed E-state index contributed by atoms with van der Waals surface area (Å²) in [6.45, 7) is 1.74. The Labute approximate surface area is 108 Å². The van der Waals surface area contributed by atoms with Gasteiger partial charge < -0.3 is 14.3 Å². The minimum atomic E-state index is -1.11. The van der Waals surface area contributed by atoms with Crippen molar-refractivity contribution in [2.75, 3.05) is 0 Å². The van der Waals surface area contributed by atoms with Crippen LogP contribution in [0.15, 0.2) is 35.0 Å². The maximum absolute atomic E-state index is 10.7. The number of nitrogens with zero attached hydrogens (tertiary/aromatic N) is 1. The molecule has 0 aliphatic rings. The molecule has 0 amide bonds. The van der Waals surface area contributed by atoms with E-state index >= 15 is 0 Å². The van der Waals surface area contributed by atoms with Crippen molar-refractivity contribution in [3.63, 3.8) is 0 Å². The molecule has 1 atom stereocenters. The number of ether oxygens (including phenoxy) is 1. The highest BCUT2D eigenvalue weighted by Gasteiger charge is 2.15. The van der Waals surface area contributed by atoms with Crippen molar-refractivity contribution < 1.29 is 19.1 Å². The van der Waals surface area contributed by atoms with E-state index in [1.54, 1.807) is 19.1 Å². The van der Waals surface area contributed by atoms with Gasteiger partial charge in [0, 0.05) is 12.3 Å². The number of hydrogen-bond acceptors (Lipinski definition) is 4. The van der Waals surface area contributed by atoms with Crippen LogP contribution in [0.4, 0.5) is 0 Å². The van der Waals surface area contributed by atoms with Crippen LogP contribution in [0.25, 0.3) is 0 Å². The number of halogens is 1. The van der Waals surface area contributed by atoms with Gasteiger partial charge in [0.05, 0.1) is 11.2 Å². The van der Waals surface area contributed by atoms with Crippen molar-refractivity contribution in [3.05, 3.63) is 47.1 Å². The minimum Gasteiger partial charge on any atom is -0.481 e. The zero-order valence-corrected chi connectivity index (χ0v) is 10.2. The number of carboxylic acids is 1. The van der Waals surface area contributed by atoms with Crippen LogP contribution >= 0.6 is 11.6 Å². The second kappa shape index (κ2) is 5.10. The third kappa shape index (κ3) is 2.81. The average Bonchev–Trinajstić information content (AvgIpc) is 2.78. The third-order valence-electron chi connectivity index (χ3n) is 2.23. The summed E-state index contributed by atoms with van der Waals surface area (Å²) < 4.78 is 10.7. The fraction of sp³-hybridized carbons (Fsp3) is 0.167. The molecule has 2 aromatic heterocycles. The Morgan fingerprint density at radius 3 is 2.89 bits per heavy atom. The highest BCUT2D eigenvalue weighted by Crippen LogP contribution is 2.24. The topological polar surface area (TPSA) is 72.6 Å². The molecule has 0 aromatic carbocycles. The van der Waals surface area contributed by atoms with Gasteiger partial charge in [-0.2, -0.15) is 0 Å². The summed E-state index contributed by atoms with van der Waals surface area (Å²) in [6.07, 6.45) is 2.58. The monoisotopic (exact) mass is 267 g/mol. The number of furan rings is 1. The number of carbonyl (C=O) groups is 1. The van der Waals surface area contributed by atoms with Crippen LogP contribution < -0.4 is 4.74 Å². The van der Waals surface area contributed by atoms with Gasteiger partial charge in [0.1, 0.15) is 11.5 Å². The smallest absolute Gasteiger partial charge is 0.371 e. The van der Waals surface area contributed by atoms with E-state index in [1.807, 2.05) is 0 Å². The van der Waals surface area contributed by atoms with Crippen LogP contribution in [0, 0.1) is 0 Å². The summed E-state index contributed by atoms with van der Waals surface area (Å²) in [5.74, 6) is -0.321. The predicted octanol–water partition coefficient (Wildman–Crippen LogP) is 3.17. The maximum Gasteiger partial charge on any atom is 0.371 e. The first-order valence-corrected chi connectivity index (χ1v) is 5.54. The van der Waals surface area contributed by atoms with Crippen LogP contribution in [-0.4, -0.2) is 16.1 Å². The molecule has 0 bridgehead atoms. The zero-order valence-electron chi connectivity index (χ0n) is 9.46. The highest BCUT2D eigenvalue weighted by atomic mass is 35.5. The number of aromatic carboxylic acids is 1. The lowest BCUT2D eigenvalue weighted by Crippen LogP contribution is -2.02. The highest BCUT2D eigenvalue weighted by molar-refractivity contribution is 6.30. The summed E-state index contributed by atoms with van der Waals surface area (Å²) in [6, 6.07) is 4.56. The largest absolute Gasteiger partial charge is 0.481 e. The number of hydrogen-bond donors (Lipinski definition) is 1. The standard InChI is InChI=1S/C12H10ClNO4/c1-7(10-2-3-11(18-10)12(15)16)17-9-4-8(13)5-14-6-9/h2-7H,1H3,(H,15,16). The molecule has 6 heteroatoms. The molecule has 0 fully saturated rings. The lowest BCUT2D eigenvalue weighted by molar-refractivity contribution is 0.0655. The fourth-order valence-electron chi connectivity index (χ4n) is 1.41. The SMILES string of the molecule is CC(Oc1cncc(Cl)c1)c1ccc(C(=O)O)o1. The second-order valence-corrected chi connectivity index (χ2v) is 4.04. The van der Waals surface area contributed by atoms with Crippen LogP contribution in [0.2, 0.25) is 5.02 Å². The molecule has 0 saturated heterocycles. The molecule has 2 aromatic rings. The van der Waals surface area contributed by atoms with Crippen molar-refractivity contribution in [1.82, 2.24) is 4.98 Å². The van der Waals surface area contributed by atoms with Gasteiger partial charge in [0.15, 0.2) is 6.10 Å². The molecular formula is C12H10ClNO4. The zero-order chi connectivity index (χ0) is 13.1. The lowest BCUT2D eigenvalue weighted by Gasteiger charge is -2.11. The molecule has 1 unspecified atom stereocenters. The molecule has 0 saturated carbocycles. The number of carboxylic acid groups (broad SMARTS) is 1. The van der Waals surface area contributed by atoms with E-state index in [-0.39, 0.29) is 5.76 Å². The van der Waals surface area contributed by atoms with E-state index in [4.69, 9.17) is 25.9 Å². The summed E-state index contributed by atoms with van der Waals surface area (Å²) in [5.41, 5.74) is 0. The number of rotatable bonds is 4. The Balaban J connectivity index is 2.11. The molecule has 18 heavy (non-hydrogen) atoms. The van der Waals surface area contributed by atoms with Gasteiger partial charge in [-0.05, 0) is 19.1 Å². The molecule has 0 aliphatic carbocycles. The summed E-state index contributed by atoms with van der Waals surface area (Å²) in [7, 11) is 0. The fourth-order valence-corrected chi connectivity index (χ4v) is 1.57. The van der Waals surface area contributed by atoms with Gasteiger partial charge in [-0.1, -0.05) is 11.6 Å². The van der Waals surface area contributed by atoms with E-state index in [9.17, 15) is 4.79 Å². The Hall–Kier alpha value is -2.01. The molecule has 0 aliphatic heterocycles. The first-order chi connectivity index (χ1) is 8.56. The van der Waals surface area contributed by atoms with Gasteiger partial charge in [-0.3, -0.25) is 4.98 Å². The van der Waals surface area contributed by atoms with Crippen LogP contribution in [0.1, 0.15) is 29.3 Å². The Morgan fingerprint density at radius 1 is 1.50 bits per heavy atom. The number of pyridine rings is 1. The predicted molar refractivity (Wildman–Crippen MR) is 64.0 cm³/mol. The molecular weight excluding hydrogens is 258 g/mol. The van der Waals surface area contributed by atoms with Crippen LogP contribution in [0.3, 0.4) is 0 Å². The van der Waals surface area contributed by atoms with Crippen molar-refractivity contribution in [3.8, 4) is 5.75 Å². The van der Waals surface area contributed by atoms with E-state index in [0.29, 0.717) is 16.5 Å². The molecule has 1 N–H and O–H groups in total. The van der Waals surface area contributed by atoms with Gasteiger partial charge in [0.2, 0.25) is 5.76 Å². The van der Waals surface area contributed by atoms with Crippen molar-refractivity contribution in [1.29, 1.82) is 0 Å². The first kappa shape index (κ1) is 12.4. The average molecular weight is 268 g/mol. The molecule has 0 spiro atoms. The van der Waals surface area contributed by atoms with Crippen LogP contribution in [-0.2, 0) is 0 Å². The number of aromatic nitrogens is 1. The van der Waals surface area contributed by atoms with E-state index in [1.165, 1.54) is 18.5 Å². The van der Waals surface area contributed by atoms with Gasteiger partial charge in [-0.25, -0.2) is 4.79 Å². The Bertz CT molecular complexity index is 567. The Morgan fingerprint density at radius 2 is 2.28 bits per heavy atom. The lowest BCUT2D eigenvalue weighted by atomic mass is 10.3. The van der Waals surface area contributed by atoms with Crippen molar-refractivity contribution in [2.24, 2.45) is 0 Å². The van der Waals surface area contributed by atoms with Crippen molar-refractivity contribution >= 4 is 17.6 Å². The van der Waals surface area contributed by atoms with Crippen LogP contribution in [0.5, 0.6) is 5.75 Å². The van der Waals surface area contributed by atoms with E-state index in [2.05, 4.69) is 4.98 Å². The summed E-state index contributed by atoms with van der Waals surface area (Å²) >= 11 is 5.78. The van der Waals surface area contributed by atoms with Gasteiger partial charge in [0.25, 0.3) is 0 Å². The van der Waals surface area contributed by atoms with Crippen molar-refractivity contribution in [2.45, 2.75) is 13.0 Å². The normalized spacial score (nSPS) is 12.1. The second-order valence-electron chi connectivity index (χ2n) is 3.61. The van der Waals surface area contributed by atoms with Gasteiger partial charge >= 0.3 is 5.97 Å². The molecule has 94 valence electrons. The molecule has 0 radical (unpaired) electrons. The summed E-state index contributed by atoms with van der Waals surface area (Å²) in [5, 5.41) is 9.21. The molecule has 5 nitrogen and oxygen atoms in total. The van der Waals surface area contributed by atoms with E-state index < -0.39 is 12.1 Å². The van der Waals surface area contributed by atoms with Gasteiger partial charge in [-0.15, -0.1) is 0 Å². The maximum atomic E-state index is 10.7. The third-order valence-corrected chi connectivity index (χ3v) is 2.44. The Kier molecular flexibility index (Phi) is 3.53. The minimum absolute atomic E-state index is 0.121. The quantitative estimate of drug-likeness (QED) is 0.921. The first-order valence-electron chi connectivity index (χ1n) is 5.16. The van der Waals surface area contributed by atoms with E-state index in [0.717, 1.165) is 0 Å². The molecule has 2 rings (SSSR count). The summed E-state index contributed by atoms with van der Waals surface area (Å²) in [4.78, 5) is 14.6.